The van der Waals surface area contributed by atoms with Gasteiger partial charge in [-0.25, -0.2) is 0 Å². The Morgan fingerprint density at radius 1 is 1.00 bits per heavy atom. The molecule has 0 N–H and O–H groups in total. The van der Waals surface area contributed by atoms with Crippen LogP contribution in [0.2, 0.25) is 0 Å². The Morgan fingerprint density at radius 2 is 1.88 bits per heavy atom. The van der Waals surface area contributed by atoms with Crippen LogP contribution >= 0.6 is 22.6 Å². The van der Waals surface area contributed by atoms with Crippen molar-refractivity contribution in [3.63, 3.8) is 0 Å². The van der Waals surface area contributed by atoms with E-state index < -0.39 is 0 Å². The van der Waals surface area contributed by atoms with Crippen molar-refractivity contribution in [3.8, 4) is 0 Å². The van der Waals surface area contributed by atoms with E-state index in [1.807, 2.05) is 0 Å². The highest BCUT2D eigenvalue weighted by Crippen LogP contribution is 2.39. The van der Waals surface area contributed by atoms with Crippen molar-refractivity contribution < 1.29 is 0 Å². The normalized spacial score (nSPS) is 16.2. The molecule has 0 bridgehead atoms. The predicted octanol–water partition coefficient (Wildman–Crippen LogP) is 4.50. The van der Waals surface area contributed by atoms with Gasteiger partial charge in [0, 0.05) is 3.57 Å². The number of hydrogen-bond donors (Lipinski definition) is 0. The van der Waals surface area contributed by atoms with Crippen molar-refractivity contribution in [1.82, 2.24) is 0 Å². The highest BCUT2D eigenvalue weighted by molar-refractivity contribution is 14.1. The summed E-state index contributed by atoms with van der Waals surface area (Å²) in [5, 5.41) is 2.89. The van der Waals surface area contributed by atoms with E-state index in [9.17, 15) is 0 Å². The van der Waals surface area contributed by atoms with Gasteiger partial charge >= 0.3 is 0 Å². The van der Waals surface area contributed by atoms with Crippen LogP contribution in [0.25, 0.3) is 16.3 Å². The van der Waals surface area contributed by atoms with Crippen molar-refractivity contribution in [1.29, 1.82) is 0 Å². The van der Waals surface area contributed by atoms with Gasteiger partial charge in [-0.1, -0.05) is 36.4 Å². The Hall–Kier alpha value is -1.09. The van der Waals surface area contributed by atoms with E-state index in [0.29, 0.717) is 0 Å². The first-order valence-electron chi connectivity index (χ1n) is 5.94. The average Bonchev–Trinajstić information content (AvgIpc) is 2.38. The summed E-state index contributed by atoms with van der Waals surface area (Å²) in [6.45, 7) is 0. The zero-order valence-electron chi connectivity index (χ0n) is 9.33. The molecule has 1 heteroatoms. The monoisotopic (exact) mass is 330 g/mol. The summed E-state index contributed by atoms with van der Waals surface area (Å²) in [6.07, 6.45) is 9.08. The Bertz CT molecular complexity index is 705. The number of halogens is 1. The Kier molecular flexibility index (Phi) is 2.01. The number of hydrogen-bond acceptors (Lipinski definition) is 0. The molecule has 0 heterocycles. The topological polar surface area (TPSA) is 0 Å². The summed E-state index contributed by atoms with van der Waals surface area (Å²) >= 11 is 2.46. The van der Waals surface area contributed by atoms with Crippen LogP contribution < -0.4 is 0 Å². The van der Waals surface area contributed by atoms with Gasteiger partial charge in [-0.15, -0.1) is 0 Å². The van der Waals surface area contributed by atoms with E-state index in [2.05, 4.69) is 65.1 Å². The van der Waals surface area contributed by atoms with E-state index in [-0.39, 0.29) is 0 Å². The number of rotatable bonds is 0. The third-order valence-corrected chi connectivity index (χ3v) is 4.78. The first-order valence-corrected chi connectivity index (χ1v) is 7.02. The Morgan fingerprint density at radius 3 is 2.82 bits per heavy atom. The molecular weight excluding hydrogens is 319 g/mol. The maximum absolute atomic E-state index is 2.46. The van der Waals surface area contributed by atoms with Gasteiger partial charge < -0.3 is 0 Å². The van der Waals surface area contributed by atoms with Crippen LogP contribution in [0.4, 0.5) is 0 Å². The minimum absolute atomic E-state index is 1.08. The van der Waals surface area contributed by atoms with Crippen molar-refractivity contribution >= 4 is 38.9 Å². The van der Waals surface area contributed by atoms with Crippen LogP contribution in [0, 0.1) is 3.57 Å². The molecule has 2 aliphatic carbocycles. The molecule has 0 saturated heterocycles. The fraction of sp³-hybridized carbons (Fsp3) is 0.125. The van der Waals surface area contributed by atoms with Crippen molar-refractivity contribution in [3.05, 3.63) is 62.8 Å². The van der Waals surface area contributed by atoms with Crippen LogP contribution in [0.5, 0.6) is 0 Å². The maximum atomic E-state index is 2.46. The lowest BCUT2D eigenvalue weighted by molar-refractivity contribution is 1.19. The Labute approximate surface area is 114 Å². The summed E-state index contributed by atoms with van der Waals surface area (Å²) in [4.78, 5) is 0. The number of benzene rings is 2. The fourth-order valence-corrected chi connectivity index (χ4v) is 3.66. The molecule has 0 aliphatic heterocycles. The quantitative estimate of drug-likeness (QED) is 0.624. The van der Waals surface area contributed by atoms with E-state index in [1.165, 1.54) is 36.6 Å². The summed E-state index contributed by atoms with van der Waals surface area (Å²) in [5.41, 5.74) is 5.91. The molecule has 0 saturated carbocycles. The van der Waals surface area contributed by atoms with Gasteiger partial charge in [-0.2, -0.15) is 0 Å². The summed E-state index contributed by atoms with van der Waals surface area (Å²) in [7, 11) is 0. The molecule has 2 aliphatic rings. The zero-order chi connectivity index (χ0) is 11.4. The summed E-state index contributed by atoms with van der Waals surface area (Å²) in [5.74, 6) is 0. The SMILES string of the molecule is Ic1ccc2ccc3c4c2c1CC=C4C=CC3. The van der Waals surface area contributed by atoms with Gasteiger partial charge in [0.2, 0.25) is 0 Å². The van der Waals surface area contributed by atoms with Gasteiger partial charge in [0.1, 0.15) is 0 Å². The van der Waals surface area contributed by atoms with Crippen LogP contribution in [0.1, 0.15) is 16.7 Å². The third kappa shape index (κ3) is 1.29. The van der Waals surface area contributed by atoms with Crippen molar-refractivity contribution in [2.75, 3.05) is 0 Å². The van der Waals surface area contributed by atoms with Crippen LogP contribution in [0.3, 0.4) is 0 Å². The lowest BCUT2D eigenvalue weighted by Gasteiger charge is -2.23. The average molecular weight is 330 g/mol. The molecule has 0 fully saturated rings. The smallest absolute Gasteiger partial charge is 0.0172 e. The van der Waals surface area contributed by atoms with Gasteiger partial charge in [0.15, 0.2) is 0 Å². The van der Waals surface area contributed by atoms with Crippen LogP contribution in [-0.4, -0.2) is 0 Å². The molecule has 17 heavy (non-hydrogen) atoms. The highest BCUT2D eigenvalue weighted by Gasteiger charge is 2.20. The van der Waals surface area contributed by atoms with Crippen LogP contribution in [0.15, 0.2) is 42.5 Å². The third-order valence-electron chi connectivity index (χ3n) is 3.77. The minimum atomic E-state index is 1.08. The predicted molar refractivity (Wildman–Crippen MR) is 81.2 cm³/mol. The zero-order valence-corrected chi connectivity index (χ0v) is 11.5. The lowest BCUT2D eigenvalue weighted by Crippen LogP contribution is -2.05. The number of allylic oxidation sites excluding steroid dienone is 4. The molecule has 0 nitrogen and oxygen atoms in total. The molecule has 0 radical (unpaired) electrons. The molecule has 82 valence electrons. The summed E-state index contributed by atoms with van der Waals surface area (Å²) < 4.78 is 1.40. The summed E-state index contributed by atoms with van der Waals surface area (Å²) in [6, 6.07) is 9.05. The van der Waals surface area contributed by atoms with E-state index in [4.69, 9.17) is 0 Å². The first kappa shape index (κ1) is 9.89. The van der Waals surface area contributed by atoms with Gasteiger partial charge in [0.05, 0.1) is 0 Å². The second-order valence-electron chi connectivity index (χ2n) is 4.69. The van der Waals surface area contributed by atoms with Crippen molar-refractivity contribution in [2.45, 2.75) is 12.8 Å². The van der Waals surface area contributed by atoms with E-state index in [1.54, 1.807) is 0 Å². The standard InChI is InChI=1S/C16H11I/c17-14-9-7-12-5-4-10-2-1-3-11-6-8-13(14)16(12)15(10)11/h1,3-7,9H,2,8H2. The van der Waals surface area contributed by atoms with Crippen molar-refractivity contribution in [2.24, 2.45) is 0 Å². The second-order valence-corrected chi connectivity index (χ2v) is 5.86. The van der Waals surface area contributed by atoms with Gasteiger partial charge in [0.25, 0.3) is 0 Å². The molecule has 0 amide bonds. The van der Waals surface area contributed by atoms with E-state index in [0.717, 1.165) is 12.8 Å². The molecule has 4 rings (SSSR count). The molecule has 0 aromatic heterocycles. The second kappa shape index (κ2) is 3.45. The molecule has 2 aromatic rings. The molecule has 2 aromatic carbocycles. The van der Waals surface area contributed by atoms with Gasteiger partial charge in [-0.3, -0.25) is 0 Å². The highest BCUT2D eigenvalue weighted by atomic mass is 127. The fourth-order valence-electron chi connectivity index (χ4n) is 2.99. The Balaban J connectivity index is 2.25. The molecule has 0 spiro atoms. The molecular formula is C16H11I. The van der Waals surface area contributed by atoms with Gasteiger partial charge in [-0.05, 0) is 74.5 Å². The van der Waals surface area contributed by atoms with Crippen LogP contribution in [-0.2, 0) is 12.8 Å². The van der Waals surface area contributed by atoms with E-state index >= 15 is 0 Å². The first-order chi connectivity index (χ1) is 8.34. The largest absolute Gasteiger partial charge is 0.0795 e. The molecule has 0 atom stereocenters. The minimum Gasteiger partial charge on any atom is -0.0795 e. The lowest BCUT2D eigenvalue weighted by atomic mass is 9.82. The maximum Gasteiger partial charge on any atom is 0.0172 e. The molecule has 0 unspecified atom stereocenters.